The van der Waals surface area contributed by atoms with Crippen molar-refractivity contribution in [2.24, 2.45) is 5.73 Å². The van der Waals surface area contributed by atoms with Gasteiger partial charge in [-0.05, 0) is 43.4 Å². The predicted octanol–water partition coefficient (Wildman–Crippen LogP) is 2.80. The summed E-state index contributed by atoms with van der Waals surface area (Å²) in [5, 5.41) is 26.2. The summed E-state index contributed by atoms with van der Waals surface area (Å²) < 4.78 is 39.4. The lowest BCUT2D eigenvalue weighted by Crippen LogP contribution is -2.21. The molecule has 1 amide bonds. The van der Waals surface area contributed by atoms with Crippen LogP contribution in [0, 0.1) is 0 Å². The van der Waals surface area contributed by atoms with Gasteiger partial charge in [0.25, 0.3) is 5.91 Å². The molecular formula is C18H21F3N4O3. The highest BCUT2D eigenvalue weighted by Gasteiger charge is 2.39. The Balaban J connectivity index is 1.79. The number of nitrogens with two attached hydrogens (primary N) is 1. The standard InChI is InChI=1S/C18H21F3N4O3/c19-18(20,21)15(27)10-1-3-11(4-2-10)23-17-14(16(22)28)9-25(24-17)12-5-7-13(26)8-6-12/h1-4,9,12-13,15,26-27H,5-8H2,(H2,22,28)(H,23,24). The number of hydrogen-bond acceptors (Lipinski definition) is 5. The molecule has 5 N–H and O–H groups in total. The molecule has 3 rings (SSSR count). The van der Waals surface area contributed by atoms with Gasteiger partial charge in [0.2, 0.25) is 0 Å². The SMILES string of the molecule is NC(=O)c1cn(C2CCC(O)CC2)nc1Nc1ccc(C(O)C(F)(F)F)cc1. The Hall–Kier alpha value is -2.59. The Labute approximate surface area is 159 Å². The van der Waals surface area contributed by atoms with E-state index in [2.05, 4.69) is 10.4 Å². The molecule has 0 bridgehead atoms. The van der Waals surface area contributed by atoms with Crippen molar-refractivity contribution in [3.8, 4) is 0 Å². The van der Waals surface area contributed by atoms with E-state index in [-0.39, 0.29) is 29.1 Å². The molecule has 2 aromatic rings. The van der Waals surface area contributed by atoms with Gasteiger partial charge < -0.3 is 21.3 Å². The smallest absolute Gasteiger partial charge is 0.393 e. The second-order valence-electron chi connectivity index (χ2n) is 6.89. The van der Waals surface area contributed by atoms with Crippen LogP contribution in [-0.2, 0) is 0 Å². The van der Waals surface area contributed by atoms with E-state index in [1.165, 1.54) is 18.3 Å². The van der Waals surface area contributed by atoms with Crippen molar-refractivity contribution < 1.29 is 28.2 Å². The van der Waals surface area contributed by atoms with Gasteiger partial charge in [-0.1, -0.05) is 12.1 Å². The highest BCUT2D eigenvalue weighted by molar-refractivity contribution is 5.98. The molecule has 0 aliphatic heterocycles. The summed E-state index contributed by atoms with van der Waals surface area (Å²) in [5.74, 6) is -0.489. The number of anilines is 2. The van der Waals surface area contributed by atoms with Crippen LogP contribution in [-0.4, -0.2) is 38.2 Å². The predicted molar refractivity (Wildman–Crippen MR) is 95.0 cm³/mol. The molecule has 10 heteroatoms. The number of amides is 1. The molecule has 7 nitrogen and oxygen atoms in total. The van der Waals surface area contributed by atoms with Crippen molar-refractivity contribution in [1.82, 2.24) is 9.78 Å². The summed E-state index contributed by atoms with van der Waals surface area (Å²) in [5.41, 5.74) is 5.67. The van der Waals surface area contributed by atoms with Crippen molar-refractivity contribution in [1.29, 1.82) is 0 Å². The van der Waals surface area contributed by atoms with Gasteiger partial charge in [0.15, 0.2) is 11.9 Å². The molecule has 0 radical (unpaired) electrons. The normalized spacial score (nSPS) is 21.3. The topological polar surface area (TPSA) is 113 Å². The first-order chi connectivity index (χ1) is 13.1. The third kappa shape index (κ3) is 4.45. The zero-order chi connectivity index (χ0) is 20.5. The Morgan fingerprint density at radius 3 is 2.36 bits per heavy atom. The lowest BCUT2D eigenvalue weighted by molar-refractivity contribution is -0.206. The largest absolute Gasteiger partial charge is 0.418 e. The van der Waals surface area contributed by atoms with E-state index in [4.69, 9.17) is 5.73 Å². The fourth-order valence-corrected chi connectivity index (χ4v) is 3.25. The summed E-state index contributed by atoms with van der Waals surface area (Å²) in [6.07, 6.45) is -3.40. The van der Waals surface area contributed by atoms with E-state index in [9.17, 15) is 28.2 Å². The number of carbonyl (C=O) groups excluding carboxylic acids is 1. The Kier molecular flexibility index (Phi) is 5.61. The van der Waals surface area contributed by atoms with Gasteiger partial charge in [0.1, 0.15) is 5.56 Å². The molecule has 1 fully saturated rings. The molecule has 1 aromatic heterocycles. The second kappa shape index (κ2) is 7.80. The van der Waals surface area contributed by atoms with Crippen molar-refractivity contribution in [2.45, 2.75) is 50.1 Å². The van der Waals surface area contributed by atoms with Gasteiger partial charge in [-0.2, -0.15) is 18.3 Å². The Bertz CT molecular complexity index is 828. The number of benzene rings is 1. The Morgan fingerprint density at radius 1 is 1.21 bits per heavy atom. The van der Waals surface area contributed by atoms with Gasteiger partial charge >= 0.3 is 6.18 Å². The average molecular weight is 398 g/mol. The monoisotopic (exact) mass is 398 g/mol. The highest BCUT2D eigenvalue weighted by atomic mass is 19.4. The minimum absolute atomic E-state index is 0.0290. The molecule has 1 unspecified atom stereocenters. The van der Waals surface area contributed by atoms with Crippen molar-refractivity contribution in [2.75, 3.05) is 5.32 Å². The molecule has 1 aliphatic carbocycles. The molecule has 1 aliphatic rings. The number of aliphatic hydroxyl groups is 2. The molecular weight excluding hydrogens is 377 g/mol. The number of aliphatic hydroxyl groups excluding tert-OH is 2. The van der Waals surface area contributed by atoms with E-state index in [1.807, 2.05) is 0 Å². The van der Waals surface area contributed by atoms with Crippen molar-refractivity contribution in [3.05, 3.63) is 41.6 Å². The van der Waals surface area contributed by atoms with Gasteiger partial charge in [-0.25, -0.2) is 0 Å². The molecule has 28 heavy (non-hydrogen) atoms. The lowest BCUT2D eigenvalue weighted by atomic mass is 9.93. The molecule has 1 heterocycles. The molecule has 1 aromatic carbocycles. The number of hydrogen-bond donors (Lipinski definition) is 4. The van der Waals surface area contributed by atoms with Crippen LogP contribution in [0.15, 0.2) is 30.5 Å². The molecule has 1 atom stereocenters. The maximum atomic E-state index is 12.6. The first-order valence-corrected chi connectivity index (χ1v) is 8.84. The van der Waals surface area contributed by atoms with E-state index in [0.717, 1.165) is 12.1 Å². The van der Waals surface area contributed by atoms with Gasteiger partial charge in [0.05, 0.1) is 12.1 Å². The van der Waals surface area contributed by atoms with E-state index < -0.39 is 18.2 Å². The second-order valence-corrected chi connectivity index (χ2v) is 6.89. The number of nitrogens with zero attached hydrogens (tertiary/aromatic N) is 2. The number of halogens is 3. The van der Waals surface area contributed by atoms with Crippen molar-refractivity contribution in [3.63, 3.8) is 0 Å². The van der Waals surface area contributed by atoms with Gasteiger partial charge in [-0.15, -0.1) is 0 Å². The van der Waals surface area contributed by atoms with E-state index >= 15 is 0 Å². The number of nitrogens with one attached hydrogen (secondary N) is 1. The van der Waals surface area contributed by atoms with Crippen LogP contribution in [0.25, 0.3) is 0 Å². The summed E-state index contributed by atoms with van der Waals surface area (Å²) in [7, 11) is 0. The molecule has 152 valence electrons. The van der Waals surface area contributed by atoms with Crippen LogP contribution < -0.4 is 11.1 Å². The quantitative estimate of drug-likeness (QED) is 0.619. The molecule has 1 saturated carbocycles. The number of aromatic nitrogens is 2. The van der Waals surface area contributed by atoms with Crippen LogP contribution in [0.2, 0.25) is 0 Å². The number of rotatable bonds is 5. The third-order valence-corrected chi connectivity index (χ3v) is 4.84. The maximum Gasteiger partial charge on any atom is 0.418 e. The van der Waals surface area contributed by atoms with Crippen LogP contribution in [0.1, 0.15) is 53.8 Å². The first kappa shape index (κ1) is 20.2. The summed E-state index contributed by atoms with van der Waals surface area (Å²) in [4.78, 5) is 11.7. The van der Waals surface area contributed by atoms with Crippen LogP contribution >= 0.6 is 0 Å². The van der Waals surface area contributed by atoms with Crippen molar-refractivity contribution >= 4 is 17.4 Å². The molecule has 0 saturated heterocycles. The fraction of sp³-hybridized carbons (Fsp3) is 0.444. The van der Waals surface area contributed by atoms with Crippen LogP contribution in [0.4, 0.5) is 24.7 Å². The number of carbonyl (C=O) groups is 1. The maximum absolute atomic E-state index is 12.6. The lowest BCUT2D eigenvalue weighted by Gasteiger charge is -2.25. The Morgan fingerprint density at radius 2 is 1.82 bits per heavy atom. The summed E-state index contributed by atoms with van der Waals surface area (Å²) in [6, 6.07) is 5.02. The molecule has 0 spiro atoms. The van der Waals surface area contributed by atoms with Crippen LogP contribution in [0.5, 0.6) is 0 Å². The number of alkyl halides is 3. The summed E-state index contributed by atoms with van der Waals surface area (Å²) in [6.45, 7) is 0. The highest BCUT2D eigenvalue weighted by Crippen LogP contribution is 2.33. The van der Waals surface area contributed by atoms with E-state index in [1.54, 1.807) is 4.68 Å². The minimum Gasteiger partial charge on any atom is -0.393 e. The van der Waals surface area contributed by atoms with Gasteiger partial charge in [-0.3, -0.25) is 9.48 Å². The van der Waals surface area contributed by atoms with E-state index in [0.29, 0.717) is 31.4 Å². The zero-order valence-corrected chi connectivity index (χ0v) is 14.9. The summed E-state index contributed by atoms with van der Waals surface area (Å²) >= 11 is 0. The number of primary amides is 1. The zero-order valence-electron chi connectivity index (χ0n) is 14.9. The van der Waals surface area contributed by atoms with Crippen LogP contribution in [0.3, 0.4) is 0 Å². The third-order valence-electron chi connectivity index (χ3n) is 4.84. The fourth-order valence-electron chi connectivity index (χ4n) is 3.25. The first-order valence-electron chi connectivity index (χ1n) is 8.84. The van der Waals surface area contributed by atoms with Gasteiger partial charge in [0, 0.05) is 11.9 Å². The minimum atomic E-state index is -4.75. The average Bonchev–Trinajstić information content (AvgIpc) is 3.05.